The number of anilines is 1. The highest BCUT2D eigenvalue weighted by molar-refractivity contribution is 7.91. The monoisotopic (exact) mass is 401 g/mol. The molecule has 9 heteroatoms. The largest absolute Gasteiger partial charge is 0.334 e. The third kappa shape index (κ3) is 4.25. The van der Waals surface area contributed by atoms with Crippen LogP contribution < -0.4 is 10.1 Å². The first-order chi connectivity index (χ1) is 13.3. The van der Waals surface area contributed by atoms with Crippen LogP contribution in [-0.2, 0) is 10.0 Å². The summed E-state index contributed by atoms with van der Waals surface area (Å²) in [5, 5.41) is 3.19. The van der Waals surface area contributed by atoms with Crippen molar-refractivity contribution in [3.63, 3.8) is 0 Å². The zero-order valence-corrected chi connectivity index (χ0v) is 16.8. The molecule has 0 aliphatic heterocycles. The number of benzene rings is 2. The molecule has 1 aromatic heterocycles. The van der Waals surface area contributed by atoms with Gasteiger partial charge in [-0.2, -0.15) is 0 Å². The second-order valence-electron chi connectivity index (χ2n) is 6.47. The van der Waals surface area contributed by atoms with Gasteiger partial charge in [0.2, 0.25) is 16.0 Å². The zero-order chi connectivity index (χ0) is 20.3. The van der Waals surface area contributed by atoms with Gasteiger partial charge in [-0.25, -0.2) is 22.9 Å². The number of hydrogen-bond acceptors (Lipinski definition) is 5. The maximum absolute atomic E-state index is 12.8. The van der Waals surface area contributed by atoms with E-state index < -0.39 is 10.0 Å². The number of nitrogens with zero attached hydrogens (tertiary/aromatic N) is 3. The van der Waals surface area contributed by atoms with Crippen molar-refractivity contribution in [2.24, 2.45) is 0 Å². The topological polar surface area (TPSA) is 96.3 Å². The molecule has 3 rings (SSSR count). The van der Waals surface area contributed by atoms with Crippen LogP contribution in [0.2, 0.25) is 0 Å². The van der Waals surface area contributed by atoms with Crippen LogP contribution in [0.25, 0.3) is 11.0 Å². The Labute approximate surface area is 164 Å². The number of sulfonamides is 1. The Bertz CT molecular complexity index is 1080. The molecule has 1 heterocycles. The molecule has 0 radical (unpaired) electrons. The van der Waals surface area contributed by atoms with E-state index in [1.807, 2.05) is 31.2 Å². The SMILES string of the molecule is CCC(Nc1nc2ccccc2n1NS(C)(=O)=O)N(C)C(=O)c1ccccc1. The summed E-state index contributed by atoms with van der Waals surface area (Å²) in [6.45, 7) is 1.93. The highest BCUT2D eigenvalue weighted by Crippen LogP contribution is 2.20. The summed E-state index contributed by atoms with van der Waals surface area (Å²) in [5.74, 6) is 0.171. The third-order valence-electron chi connectivity index (χ3n) is 4.31. The van der Waals surface area contributed by atoms with Gasteiger partial charge >= 0.3 is 0 Å². The van der Waals surface area contributed by atoms with E-state index in [-0.39, 0.29) is 12.1 Å². The lowest BCUT2D eigenvalue weighted by molar-refractivity contribution is 0.0745. The van der Waals surface area contributed by atoms with Gasteiger partial charge < -0.3 is 10.2 Å². The number of rotatable bonds is 7. The second kappa shape index (κ2) is 7.89. The molecule has 0 bridgehead atoms. The molecule has 0 aliphatic carbocycles. The summed E-state index contributed by atoms with van der Waals surface area (Å²) in [6, 6.07) is 16.2. The molecule has 3 aromatic rings. The number of hydrogen-bond donors (Lipinski definition) is 2. The summed E-state index contributed by atoms with van der Waals surface area (Å²) < 4.78 is 25.0. The van der Waals surface area contributed by atoms with E-state index in [0.29, 0.717) is 29.0 Å². The molecule has 1 atom stereocenters. The fourth-order valence-electron chi connectivity index (χ4n) is 2.93. The Morgan fingerprint density at radius 2 is 1.79 bits per heavy atom. The van der Waals surface area contributed by atoms with E-state index in [1.165, 1.54) is 4.68 Å². The van der Waals surface area contributed by atoms with Gasteiger partial charge in [-0.3, -0.25) is 4.79 Å². The van der Waals surface area contributed by atoms with E-state index >= 15 is 0 Å². The standard InChI is InChI=1S/C19H23N5O3S/c1-4-17(23(2)18(25)14-10-6-5-7-11-14)21-19-20-15-12-8-9-13-16(15)24(19)22-28(3,26)27/h5-13,17,22H,4H2,1-3H3,(H,20,21). The molecule has 0 spiro atoms. The Morgan fingerprint density at radius 3 is 2.43 bits per heavy atom. The molecule has 148 valence electrons. The molecule has 1 amide bonds. The van der Waals surface area contributed by atoms with Crippen LogP contribution in [0, 0.1) is 0 Å². The van der Waals surface area contributed by atoms with E-state index in [1.54, 1.807) is 42.3 Å². The molecule has 1 unspecified atom stereocenters. The fraction of sp³-hybridized carbons (Fsp3) is 0.263. The van der Waals surface area contributed by atoms with Gasteiger partial charge in [-0.15, -0.1) is 0 Å². The minimum atomic E-state index is -3.53. The first-order valence-electron chi connectivity index (χ1n) is 8.84. The van der Waals surface area contributed by atoms with Crippen molar-refractivity contribution in [3.05, 3.63) is 60.2 Å². The minimum Gasteiger partial charge on any atom is -0.334 e. The molecule has 2 N–H and O–H groups in total. The summed E-state index contributed by atoms with van der Waals surface area (Å²) in [4.78, 5) is 21.3. The summed E-state index contributed by atoms with van der Waals surface area (Å²) >= 11 is 0. The van der Waals surface area contributed by atoms with Crippen LogP contribution in [0.4, 0.5) is 5.95 Å². The molecular formula is C19H23N5O3S. The molecule has 0 saturated carbocycles. The van der Waals surface area contributed by atoms with Crippen molar-refractivity contribution in [3.8, 4) is 0 Å². The van der Waals surface area contributed by atoms with Crippen LogP contribution in [0.5, 0.6) is 0 Å². The number of nitrogens with one attached hydrogen (secondary N) is 2. The second-order valence-corrected chi connectivity index (χ2v) is 8.20. The summed E-state index contributed by atoms with van der Waals surface area (Å²) in [7, 11) is -1.83. The van der Waals surface area contributed by atoms with Crippen molar-refractivity contribution in [1.82, 2.24) is 14.6 Å². The first kappa shape index (κ1) is 19.7. The molecule has 0 saturated heterocycles. The fourth-order valence-corrected chi connectivity index (χ4v) is 3.45. The van der Waals surface area contributed by atoms with Crippen molar-refractivity contribution in [2.45, 2.75) is 19.5 Å². The van der Waals surface area contributed by atoms with Crippen molar-refractivity contribution in [2.75, 3.05) is 23.5 Å². The number of imidazole rings is 1. The van der Waals surface area contributed by atoms with Gasteiger partial charge in [-0.05, 0) is 30.7 Å². The lowest BCUT2D eigenvalue weighted by Gasteiger charge is -2.28. The third-order valence-corrected chi connectivity index (χ3v) is 4.82. The minimum absolute atomic E-state index is 0.140. The van der Waals surface area contributed by atoms with Crippen molar-refractivity contribution in [1.29, 1.82) is 0 Å². The highest BCUT2D eigenvalue weighted by Gasteiger charge is 2.22. The Kier molecular flexibility index (Phi) is 5.55. The van der Waals surface area contributed by atoms with Gasteiger partial charge in [0, 0.05) is 12.6 Å². The summed E-state index contributed by atoms with van der Waals surface area (Å²) in [6.07, 6.45) is 1.29. The maximum Gasteiger partial charge on any atom is 0.255 e. The van der Waals surface area contributed by atoms with E-state index in [2.05, 4.69) is 15.1 Å². The average molecular weight is 401 g/mol. The quantitative estimate of drug-likeness (QED) is 0.593. The van der Waals surface area contributed by atoms with Crippen LogP contribution in [0.15, 0.2) is 54.6 Å². The number of aromatic nitrogens is 2. The van der Waals surface area contributed by atoms with Gasteiger partial charge in [0.05, 0.1) is 17.3 Å². The summed E-state index contributed by atoms with van der Waals surface area (Å²) in [5.41, 5.74) is 1.82. The van der Waals surface area contributed by atoms with Gasteiger partial charge in [0.25, 0.3) is 5.91 Å². The van der Waals surface area contributed by atoms with Gasteiger partial charge in [-0.1, -0.05) is 37.3 Å². The maximum atomic E-state index is 12.8. The van der Waals surface area contributed by atoms with Crippen LogP contribution in [0.1, 0.15) is 23.7 Å². The molecule has 2 aromatic carbocycles. The Morgan fingerprint density at radius 1 is 1.14 bits per heavy atom. The number of carbonyl (C=O) groups is 1. The van der Waals surface area contributed by atoms with Gasteiger partial charge in [0.1, 0.15) is 6.17 Å². The van der Waals surface area contributed by atoms with Gasteiger partial charge in [0.15, 0.2) is 0 Å². The zero-order valence-electron chi connectivity index (χ0n) is 16.0. The van der Waals surface area contributed by atoms with E-state index in [0.717, 1.165) is 6.26 Å². The van der Waals surface area contributed by atoms with Crippen molar-refractivity contribution < 1.29 is 13.2 Å². The lowest BCUT2D eigenvalue weighted by Crippen LogP contribution is -2.42. The number of para-hydroxylation sites is 2. The van der Waals surface area contributed by atoms with E-state index in [9.17, 15) is 13.2 Å². The molecular weight excluding hydrogens is 378 g/mol. The van der Waals surface area contributed by atoms with E-state index in [4.69, 9.17) is 0 Å². The average Bonchev–Trinajstić information content (AvgIpc) is 3.01. The number of carbonyl (C=O) groups excluding carboxylic acids is 1. The smallest absolute Gasteiger partial charge is 0.255 e. The predicted molar refractivity (Wildman–Crippen MR) is 110 cm³/mol. The van der Waals surface area contributed by atoms with Crippen molar-refractivity contribution >= 4 is 32.9 Å². The normalized spacial score (nSPS) is 12.5. The molecule has 28 heavy (non-hydrogen) atoms. The molecule has 0 fully saturated rings. The van der Waals surface area contributed by atoms with Crippen LogP contribution in [0.3, 0.4) is 0 Å². The lowest BCUT2D eigenvalue weighted by atomic mass is 10.2. The molecule has 8 nitrogen and oxygen atoms in total. The number of amides is 1. The first-order valence-corrected chi connectivity index (χ1v) is 10.7. The predicted octanol–water partition coefficient (Wildman–Crippen LogP) is 2.46. The van der Waals surface area contributed by atoms with Crippen LogP contribution in [-0.4, -0.2) is 48.4 Å². The Hall–Kier alpha value is -3.07. The highest BCUT2D eigenvalue weighted by atomic mass is 32.2. The molecule has 0 aliphatic rings. The van der Waals surface area contributed by atoms with Crippen LogP contribution >= 0.6 is 0 Å². The number of fused-ring (bicyclic) bond motifs is 1. The Balaban J connectivity index is 1.93.